The van der Waals surface area contributed by atoms with E-state index in [0.717, 1.165) is 24.8 Å². The molecule has 0 aliphatic rings. The molecule has 1 amide bonds. The van der Waals surface area contributed by atoms with Gasteiger partial charge in [-0.2, -0.15) is 0 Å². The molecule has 8 heteroatoms. The van der Waals surface area contributed by atoms with E-state index in [1.54, 1.807) is 17.0 Å². The van der Waals surface area contributed by atoms with Gasteiger partial charge in [0, 0.05) is 6.54 Å². The zero-order valence-electron chi connectivity index (χ0n) is 15.2. The molecule has 0 saturated carbocycles. The van der Waals surface area contributed by atoms with Gasteiger partial charge >= 0.3 is 0 Å². The molecule has 0 unspecified atom stereocenters. The van der Waals surface area contributed by atoms with Crippen molar-refractivity contribution in [3.05, 3.63) is 29.8 Å². The lowest BCUT2D eigenvalue weighted by Crippen LogP contribution is -2.50. The lowest BCUT2D eigenvalue weighted by molar-refractivity contribution is -0.122. The minimum atomic E-state index is -0.895. The van der Waals surface area contributed by atoms with Gasteiger partial charge in [-0.15, -0.1) is 0 Å². The zero-order chi connectivity index (χ0) is 19.5. The fourth-order valence-electron chi connectivity index (χ4n) is 2.62. The summed E-state index contributed by atoms with van der Waals surface area (Å²) in [4.78, 5) is 13.2. The van der Waals surface area contributed by atoms with Gasteiger partial charge in [-0.25, -0.2) is 0 Å². The second-order valence-electron chi connectivity index (χ2n) is 6.18. The number of aliphatic hydroxyl groups excluding tert-OH is 2. The molecule has 0 aromatic heterocycles. The smallest absolute Gasteiger partial charge is 0.240 e. The van der Waals surface area contributed by atoms with Gasteiger partial charge in [0.2, 0.25) is 5.91 Å². The maximum atomic E-state index is 11.6. The molecule has 26 heavy (non-hydrogen) atoms. The van der Waals surface area contributed by atoms with E-state index in [1.807, 2.05) is 19.1 Å². The van der Waals surface area contributed by atoms with E-state index in [2.05, 4.69) is 0 Å². The monoisotopic (exact) mass is 366 g/mol. The number of nitrogens with zero attached hydrogens (tertiary/aromatic N) is 1. The Kier molecular flexibility index (Phi) is 9.46. The molecule has 2 atom stereocenters. The lowest BCUT2D eigenvalue weighted by Gasteiger charge is -2.29. The normalized spacial score (nSPS) is 13.0. The van der Waals surface area contributed by atoms with Crippen LogP contribution >= 0.6 is 0 Å². The van der Waals surface area contributed by atoms with E-state index >= 15 is 0 Å². The summed E-state index contributed by atoms with van der Waals surface area (Å²) in [6, 6.07) is 6.87. The number of nitrogens with one attached hydrogen (secondary N) is 1. The van der Waals surface area contributed by atoms with Crippen molar-refractivity contribution in [1.82, 2.24) is 4.90 Å². The third kappa shape index (κ3) is 7.28. The molecule has 0 aliphatic heterocycles. The highest BCUT2D eigenvalue weighted by atomic mass is 16.5. The van der Waals surface area contributed by atoms with Crippen molar-refractivity contribution in [2.24, 2.45) is 11.5 Å². The summed E-state index contributed by atoms with van der Waals surface area (Å²) in [5.74, 6) is 0.00501. The van der Waals surface area contributed by atoms with Crippen LogP contribution in [0, 0.1) is 5.41 Å². The molecule has 0 spiro atoms. The van der Waals surface area contributed by atoms with Gasteiger partial charge in [0.1, 0.15) is 24.5 Å². The third-order valence-corrected chi connectivity index (χ3v) is 4.02. The van der Waals surface area contributed by atoms with Crippen LogP contribution in [-0.4, -0.2) is 58.9 Å². The molecule has 8 nitrogen and oxygen atoms in total. The first-order chi connectivity index (χ1) is 12.4. The number of carbonyl (C=O) groups is 1. The molecule has 0 fully saturated rings. The SMILES string of the molecule is CCC[C@@H](C(N)=O)N(CCCc1ccc(OC[C@@H](O)CO)cc1)C(=N)N. The highest BCUT2D eigenvalue weighted by Gasteiger charge is 2.23. The molecule has 146 valence electrons. The van der Waals surface area contributed by atoms with E-state index in [0.29, 0.717) is 18.7 Å². The maximum Gasteiger partial charge on any atom is 0.240 e. The van der Waals surface area contributed by atoms with Gasteiger partial charge in [-0.05, 0) is 37.0 Å². The Morgan fingerprint density at radius 2 is 1.96 bits per heavy atom. The molecular formula is C18H30N4O4. The Balaban J connectivity index is 2.54. The number of primary amides is 1. The molecule has 1 aromatic rings. The molecule has 1 aromatic carbocycles. The van der Waals surface area contributed by atoms with Crippen molar-refractivity contribution in [2.75, 3.05) is 19.8 Å². The third-order valence-electron chi connectivity index (χ3n) is 4.02. The van der Waals surface area contributed by atoms with Crippen LogP contribution in [0.1, 0.15) is 31.7 Å². The van der Waals surface area contributed by atoms with Gasteiger partial charge in [-0.1, -0.05) is 25.5 Å². The van der Waals surface area contributed by atoms with E-state index in [-0.39, 0.29) is 19.2 Å². The predicted molar refractivity (Wildman–Crippen MR) is 99.9 cm³/mol. The second-order valence-corrected chi connectivity index (χ2v) is 6.18. The maximum absolute atomic E-state index is 11.6. The summed E-state index contributed by atoms with van der Waals surface area (Å²) in [5.41, 5.74) is 12.1. The van der Waals surface area contributed by atoms with E-state index in [4.69, 9.17) is 26.7 Å². The number of aryl methyl sites for hydroxylation is 1. The summed E-state index contributed by atoms with van der Waals surface area (Å²) in [7, 11) is 0. The quantitative estimate of drug-likeness (QED) is 0.264. The van der Waals surface area contributed by atoms with Crippen LogP contribution in [-0.2, 0) is 11.2 Å². The van der Waals surface area contributed by atoms with Crippen LogP contribution in [0.4, 0.5) is 0 Å². The number of ether oxygens (including phenoxy) is 1. The molecule has 0 heterocycles. The Labute approximate surface area is 154 Å². The van der Waals surface area contributed by atoms with Gasteiger partial charge in [0.05, 0.1) is 6.61 Å². The number of hydrogen-bond donors (Lipinski definition) is 5. The summed E-state index contributed by atoms with van der Waals surface area (Å²) in [5, 5.41) is 25.7. The van der Waals surface area contributed by atoms with Gasteiger partial charge in [0.25, 0.3) is 0 Å². The summed E-state index contributed by atoms with van der Waals surface area (Å²) in [6.07, 6.45) is 1.93. The van der Waals surface area contributed by atoms with Crippen molar-refractivity contribution in [1.29, 1.82) is 5.41 Å². The molecule has 1 rings (SSSR count). The average Bonchev–Trinajstić information content (AvgIpc) is 2.62. The number of amides is 1. The highest BCUT2D eigenvalue weighted by molar-refractivity contribution is 5.86. The minimum absolute atomic E-state index is 0.0371. The highest BCUT2D eigenvalue weighted by Crippen LogP contribution is 2.15. The van der Waals surface area contributed by atoms with Crippen molar-refractivity contribution in [3.63, 3.8) is 0 Å². The molecule has 7 N–H and O–H groups in total. The van der Waals surface area contributed by atoms with Crippen LogP contribution in [0.25, 0.3) is 0 Å². The zero-order valence-corrected chi connectivity index (χ0v) is 15.2. The van der Waals surface area contributed by atoms with E-state index < -0.39 is 18.1 Å². The number of benzene rings is 1. The number of carbonyl (C=O) groups excluding carboxylic acids is 1. The van der Waals surface area contributed by atoms with Crippen molar-refractivity contribution in [3.8, 4) is 5.75 Å². The predicted octanol–water partition coefficient (Wildman–Crippen LogP) is 0.201. The molecule has 0 bridgehead atoms. The fourth-order valence-corrected chi connectivity index (χ4v) is 2.62. The van der Waals surface area contributed by atoms with Gasteiger partial charge in [0.15, 0.2) is 5.96 Å². The Hall–Kier alpha value is -2.32. The molecule has 0 aliphatic carbocycles. The van der Waals surface area contributed by atoms with E-state index in [1.165, 1.54) is 0 Å². The number of aliphatic hydroxyl groups is 2. The van der Waals surface area contributed by atoms with Crippen LogP contribution in [0.5, 0.6) is 5.75 Å². The van der Waals surface area contributed by atoms with Crippen LogP contribution < -0.4 is 16.2 Å². The van der Waals surface area contributed by atoms with Gasteiger partial charge < -0.3 is 31.3 Å². The summed E-state index contributed by atoms with van der Waals surface area (Å²) in [6.45, 7) is 2.13. The summed E-state index contributed by atoms with van der Waals surface area (Å²) >= 11 is 0. The average molecular weight is 366 g/mol. The second kappa shape index (κ2) is 11.3. The fraction of sp³-hybridized carbons (Fsp3) is 0.556. The minimum Gasteiger partial charge on any atom is -0.491 e. The Morgan fingerprint density at radius 3 is 2.46 bits per heavy atom. The summed E-state index contributed by atoms with van der Waals surface area (Å²) < 4.78 is 5.36. The number of guanidine groups is 1. The van der Waals surface area contributed by atoms with Crippen molar-refractivity contribution >= 4 is 11.9 Å². The number of hydrogen-bond acceptors (Lipinski definition) is 5. The first kappa shape index (κ1) is 21.7. The van der Waals surface area contributed by atoms with Crippen LogP contribution in [0.15, 0.2) is 24.3 Å². The molecule has 0 radical (unpaired) electrons. The standard InChI is InChI=1S/C18H30N4O4/c1-2-4-16(17(19)25)22(18(20)21)10-3-5-13-6-8-15(9-7-13)26-12-14(24)11-23/h6-9,14,16,23-24H,2-5,10-12H2,1H3,(H2,19,25)(H3,20,21)/t14-,16-/m0/s1. The van der Waals surface area contributed by atoms with Crippen LogP contribution in [0.3, 0.4) is 0 Å². The van der Waals surface area contributed by atoms with Crippen LogP contribution in [0.2, 0.25) is 0 Å². The Bertz CT molecular complexity index is 565. The topological polar surface area (TPSA) is 146 Å². The first-order valence-corrected chi connectivity index (χ1v) is 8.79. The van der Waals surface area contributed by atoms with Crippen molar-refractivity contribution < 1.29 is 19.7 Å². The van der Waals surface area contributed by atoms with E-state index in [9.17, 15) is 9.90 Å². The van der Waals surface area contributed by atoms with Gasteiger partial charge in [-0.3, -0.25) is 10.2 Å². The Morgan fingerprint density at radius 1 is 1.31 bits per heavy atom. The number of rotatable bonds is 12. The molecule has 0 saturated heterocycles. The largest absolute Gasteiger partial charge is 0.491 e. The van der Waals surface area contributed by atoms with Crippen molar-refractivity contribution in [2.45, 2.75) is 44.8 Å². The first-order valence-electron chi connectivity index (χ1n) is 8.79. The number of nitrogens with two attached hydrogens (primary N) is 2. The lowest BCUT2D eigenvalue weighted by atomic mass is 10.1. The molecular weight excluding hydrogens is 336 g/mol.